The lowest BCUT2D eigenvalue weighted by molar-refractivity contribution is 0.0734. The van der Waals surface area contributed by atoms with Crippen LogP contribution in [-0.4, -0.2) is 11.8 Å². The van der Waals surface area contributed by atoms with Crippen molar-refractivity contribution >= 4 is 29.4 Å². The fraction of sp³-hybridized carbons (Fsp3) is 0. The quantitative estimate of drug-likeness (QED) is 0.359. The van der Waals surface area contributed by atoms with Gasteiger partial charge in [0.2, 0.25) is 5.78 Å². The molecule has 132 valence electrons. The third kappa shape index (κ3) is 3.48. The van der Waals surface area contributed by atoms with E-state index in [2.05, 4.69) is 0 Å². The lowest BCUT2D eigenvalue weighted by Gasteiger charge is -2.06. The number of fused-ring (bicyclic) bond motifs is 1. The minimum atomic E-state index is -0.579. The van der Waals surface area contributed by atoms with Crippen LogP contribution in [0.25, 0.3) is 6.08 Å². The highest BCUT2D eigenvalue weighted by Crippen LogP contribution is 2.35. The molecule has 0 aliphatic carbocycles. The lowest BCUT2D eigenvalue weighted by atomic mass is 10.1. The van der Waals surface area contributed by atoms with Gasteiger partial charge in [-0.1, -0.05) is 54.1 Å². The fourth-order valence-corrected chi connectivity index (χ4v) is 2.93. The van der Waals surface area contributed by atoms with E-state index in [1.165, 1.54) is 6.07 Å². The molecule has 1 aliphatic heterocycles. The molecule has 27 heavy (non-hydrogen) atoms. The first-order valence-corrected chi connectivity index (χ1v) is 8.60. The second-order valence-corrected chi connectivity index (χ2v) is 6.28. The van der Waals surface area contributed by atoms with E-state index >= 15 is 0 Å². The number of ketones is 1. The van der Waals surface area contributed by atoms with Crippen molar-refractivity contribution in [3.8, 4) is 11.5 Å². The van der Waals surface area contributed by atoms with E-state index in [9.17, 15) is 9.59 Å². The number of benzene rings is 3. The summed E-state index contributed by atoms with van der Waals surface area (Å²) < 4.78 is 11.0. The smallest absolute Gasteiger partial charge is 0.345 e. The number of allylic oxidation sites excluding steroid dienone is 1. The van der Waals surface area contributed by atoms with Gasteiger partial charge < -0.3 is 9.47 Å². The van der Waals surface area contributed by atoms with Crippen molar-refractivity contribution in [1.82, 2.24) is 0 Å². The number of esters is 1. The van der Waals surface area contributed by atoms with Crippen LogP contribution in [0.15, 0.2) is 78.6 Å². The van der Waals surface area contributed by atoms with E-state index in [-0.39, 0.29) is 22.9 Å². The Balaban J connectivity index is 1.57. The minimum absolute atomic E-state index is 0.210. The second kappa shape index (κ2) is 7.09. The van der Waals surface area contributed by atoms with Crippen LogP contribution in [0.3, 0.4) is 0 Å². The minimum Gasteiger partial charge on any atom is -0.452 e. The summed E-state index contributed by atoms with van der Waals surface area (Å²) >= 11 is 6.02. The molecule has 0 unspecified atom stereocenters. The molecule has 1 aliphatic rings. The number of ether oxygens (including phenoxy) is 2. The maximum Gasteiger partial charge on any atom is 0.345 e. The van der Waals surface area contributed by atoms with E-state index in [0.29, 0.717) is 16.3 Å². The van der Waals surface area contributed by atoms with Crippen LogP contribution < -0.4 is 9.47 Å². The van der Waals surface area contributed by atoms with Crippen molar-refractivity contribution in [2.45, 2.75) is 0 Å². The molecule has 3 aromatic carbocycles. The first kappa shape index (κ1) is 17.1. The summed E-state index contributed by atoms with van der Waals surface area (Å²) in [5.74, 6) is 0.0626. The number of halogens is 1. The van der Waals surface area contributed by atoms with Gasteiger partial charge in [-0.05, 0) is 35.9 Å². The average molecular weight is 377 g/mol. The third-order valence-electron chi connectivity index (χ3n) is 4.04. The Morgan fingerprint density at radius 3 is 2.48 bits per heavy atom. The monoisotopic (exact) mass is 376 g/mol. The predicted molar refractivity (Wildman–Crippen MR) is 102 cm³/mol. The Kier molecular flexibility index (Phi) is 4.48. The Morgan fingerprint density at radius 1 is 0.963 bits per heavy atom. The molecular formula is C22H13ClO4. The molecule has 0 aromatic heterocycles. The van der Waals surface area contributed by atoms with Crippen LogP contribution in [-0.2, 0) is 0 Å². The molecule has 4 nitrogen and oxygen atoms in total. The van der Waals surface area contributed by atoms with Crippen molar-refractivity contribution in [3.63, 3.8) is 0 Å². The van der Waals surface area contributed by atoms with E-state index < -0.39 is 5.97 Å². The molecule has 0 fully saturated rings. The Hall–Kier alpha value is -3.37. The summed E-state index contributed by atoms with van der Waals surface area (Å²) in [6.45, 7) is 0. The van der Waals surface area contributed by atoms with E-state index in [1.807, 2.05) is 30.3 Å². The number of Topliss-reactive ketones (excluding diaryl/α,β-unsaturated/α-hetero) is 1. The summed E-state index contributed by atoms with van der Waals surface area (Å²) in [7, 11) is 0. The highest BCUT2D eigenvalue weighted by atomic mass is 35.5. The molecular weight excluding hydrogens is 364 g/mol. The van der Waals surface area contributed by atoms with Gasteiger partial charge in [0, 0.05) is 6.07 Å². The molecule has 0 radical (unpaired) electrons. The van der Waals surface area contributed by atoms with Crippen LogP contribution in [0, 0.1) is 0 Å². The first-order valence-electron chi connectivity index (χ1n) is 8.22. The molecule has 4 rings (SSSR count). The van der Waals surface area contributed by atoms with Gasteiger partial charge in [0.05, 0.1) is 16.1 Å². The molecule has 1 heterocycles. The lowest BCUT2D eigenvalue weighted by Crippen LogP contribution is -2.09. The molecule has 0 amide bonds. The fourth-order valence-electron chi connectivity index (χ4n) is 2.72. The van der Waals surface area contributed by atoms with Crippen molar-refractivity contribution in [2.24, 2.45) is 0 Å². The van der Waals surface area contributed by atoms with Gasteiger partial charge >= 0.3 is 5.97 Å². The van der Waals surface area contributed by atoms with Crippen LogP contribution in [0.5, 0.6) is 11.5 Å². The summed E-state index contributed by atoms with van der Waals surface area (Å²) in [6.07, 6.45) is 1.68. The molecule has 0 N–H and O–H groups in total. The zero-order chi connectivity index (χ0) is 18.8. The van der Waals surface area contributed by atoms with Crippen LogP contribution in [0.2, 0.25) is 5.02 Å². The van der Waals surface area contributed by atoms with Gasteiger partial charge in [0.15, 0.2) is 5.76 Å². The third-order valence-corrected chi connectivity index (χ3v) is 4.37. The van der Waals surface area contributed by atoms with Crippen LogP contribution in [0.1, 0.15) is 26.3 Å². The van der Waals surface area contributed by atoms with Gasteiger partial charge in [0.1, 0.15) is 11.5 Å². The average Bonchev–Trinajstić information content (AvgIpc) is 2.98. The summed E-state index contributed by atoms with van der Waals surface area (Å²) in [5, 5.41) is 0.308. The molecule has 0 saturated heterocycles. The van der Waals surface area contributed by atoms with Gasteiger partial charge in [-0.2, -0.15) is 0 Å². The molecule has 0 bridgehead atoms. The van der Waals surface area contributed by atoms with Gasteiger partial charge in [-0.25, -0.2) is 4.79 Å². The van der Waals surface area contributed by atoms with Crippen molar-refractivity contribution < 1.29 is 19.1 Å². The molecule has 5 heteroatoms. The van der Waals surface area contributed by atoms with E-state index in [1.54, 1.807) is 42.5 Å². The molecule has 0 atom stereocenters. The molecule has 0 saturated carbocycles. The normalized spacial score (nSPS) is 14.0. The predicted octanol–water partition coefficient (Wildman–Crippen LogP) is 5.18. The number of hydrogen-bond donors (Lipinski definition) is 0. The number of carbonyl (C=O) groups is 2. The topological polar surface area (TPSA) is 52.6 Å². The standard InChI is InChI=1S/C22H13ClO4/c23-18-9-5-4-8-16(18)22(25)26-15-10-11-17-19(13-15)27-20(21(17)24)12-14-6-2-1-3-7-14/h1-13H/b20-12-. The zero-order valence-corrected chi connectivity index (χ0v) is 14.8. The number of rotatable bonds is 3. The number of carbonyl (C=O) groups excluding carboxylic acids is 2. The van der Waals surface area contributed by atoms with Gasteiger partial charge in [-0.3, -0.25) is 4.79 Å². The highest BCUT2D eigenvalue weighted by Gasteiger charge is 2.28. The van der Waals surface area contributed by atoms with E-state index in [4.69, 9.17) is 21.1 Å². The Labute approximate surface area is 160 Å². The Morgan fingerprint density at radius 2 is 1.70 bits per heavy atom. The summed E-state index contributed by atoms with van der Waals surface area (Å²) in [5.41, 5.74) is 1.55. The van der Waals surface area contributed by atoms with E-state index in [0.717, 1.165) is 5.56 Å². The highest BCUT2D eigenvalue weighted by molar-refractivity contribution is 6.33. The van der Waals surface area contributed by atoms with Crippen molar-refractivity contribution in [1.29, 1.82) is 0 Å². The largest absolute Gasteiger partial charge is 0.452 e. The maximum atomic E-state index is 12.5. The first-order chi connectivity index (χ1) is 13.1. The van der Waals surface area contributed by atoms with Crippen molar-refractivity contribution in [2.75, 3.05) is 0 Å². The second-order valence-electron chi connectivity index (χ2n) is 5.88. The SMILES string of the molecule is O=C(Oc1ccc2c(c1)O/C(=C\c1ccccc1)C2=O)c1ccccc1Cl. The van der Waals surface area contributed by atoms with Crippen LogP contribution in [0.4, 0.5) is 0 Å². The molecule has 3 aromatic rings. The summed E-state index contributed by atoms with van der Waals surface area (Å²) in [4.78, 5) is 24.8. The van der Waals surface area contributed by atoms with Crippen molar-refractivity contribution in [3.05, 3.63) is 100 Å². The van der Waals surface area contributed by atoms with Gasteiger partial charge in [0.25, 0.3) is 0 Å². The molecule has 0 spiro atoms. The van der Waals surface area contributed by atoms with Gasteiger partial charge in [-0.15, -0.1) is 0 Å². The van der Waals surface area contributed by atoms with Crippen LogP contribution >= 0.6 is 11.6 Å². The zero-order valence-electron chi connectivity index (χ0n) is 14.0. The maximum absolute atomic E-state index is 12.5. The summed E-state index contributed by atoms with van der Waals surface area (Å²) in [6, 6.07) is 20.7. The Bertz CT molecular complexity index is 1070. The number of hydrogen-bond acceptors (Lipinski definition) is 4.